The molecular weight excluding hydrogens is 426 g/mol. The van der Waals surface area contributed by atoms with Gasteiger partial charge in [0.2, 0.25) is 5.91 Å². The second kappa shape index (κ2) is 8.64. The van der Waals surface area contributed by atoms with Gasteiger partial charge in [0.15, 0.2) is 0 Å². The average molecular weight is 454 g/mol. The molecule has 0 aliphatic carbocycles. The number of nitrogens with one attached hydrogen (secondary N) is 1. The van der Waals surface area contributed by atoms with E-state index in [4.69, 9.17) is 11.6 Å². The van der Waals surface area contributed by atoms with Crippen LogP contribution in [-0.4, -0.2) is 36.9 Å². The molecule has 4 rings (SSSR count). The minimum absolute atomic E-state index is 0.154. The maximum atomic E-state index is 12.9. The second-order valence-electron chi connectivity index (χ2n) is 9.40. The molecule has 2 N–H and O–H groups in total. The lowest BCUT2D eigenvalue weighted by atomic mass is 9.89. The maximum absolute atomic E-state index is 12.9. The van der Waals surface area contributed by atoms with Crippen LogP contribution in [0.3, 0.4) is 0 Å². The van der Waals surface area contributed by atoms with Gasteiger partial charge < -0.3 is 10.4 Å². The van der Waals surface area contributed by atoms with Crippen molar-refractivity contribution in [3.05, 3.63) is 58.8 Å². The van der Waals surface area contributed by atoms with E-state index in [-0.39, 0.29) is 11.3 Å². The smallest absolute Gasteiger partial charge is 0.232 e. The molecule has 3 aromatic rings. The molecule has 0 saturated carbocycles. The third-order valence-electron chi connectivity index (χ3n) is 5.81. The number of carbonyl (C=O) groups excluding carboxylic acids is 1. The average Bonchev–Trinajstić information content (AvgIpc) is 3.23. The first-order valence-corrected chi connectivity index (χ1v) is 11.1. The lowest BCUT2D eigenvalue weighted by Crippen LogP contribution is -2.20. The second-order valence-corrected chi connectivity index (χ2v) is 9.80. The molecule has 0 radical (unpaired) electrons. The summed E-state index contributed by atoms with van der Waals surface area (Å²) in [5.74, 6) is -0.147. The van der Waals surface area contributed by atoms with Crippen molar-refractivity contribution in [1.82, 2.24) is 19.7 Å². The molecule has 1 aliphatic heterocycles. The molecule has 0 saturated heterocycles. The number of fused-ring (bicyclic) bond motifs is 1. The normalized spacial score (nSPS) is 16.4. The third kappa shape index (κ3) is 4.69. The van der Waals surface area contributed by atoms with Crippen LogP contribution < -0.4 is 5.32 Å². The summed E-state index contributed by atoms with van der Waals surface area (Å²) in [5, 5.41) is 17.6. The van der Waals surface area contributed by atoms with Gasteiger partial charge in [-0.05, 0) is 49.4 Å². The van der Waals surface area contributed by atoms with Crippen molar-refractivity contribution in [2.24, 2.45) is 5.41 Å². The van der Waals surface area contributed by atoms with E-state index < -0.39 is 12.0 Å². The lowest BCUT2D eigenvalue weighted by molar-refractivity contribution is -0.117. The summed E-state index contributed by atoms with van der Waals surface area (Å²) < 4.78 is 2.03. The highest BCUT2D eigenvalue weighted by Crippen LogP contribution is 2.39. The van der Waals surface area contributed by atoms with E-state index in [2.05, 4.69) is 34.2 Å². The number of pyridine rings is 2. The summed E-state index contributed by atoms with van der Waals surface area (Å²) in [5.41, 5.74) is 4.68. The maximum Gasteiger partial charge on any atom is 0.232 e. The molecule has 0 bridgehead atoms. The summed E-state index contributed by atoms with van der Waals surface area (Å²) in [6.45, 7) is 8.86. The van der Waals surface area contributed by atoms with E-state index in [0.717, 1.165) is 41.0 Å². The number of hydrogen-bond donors (Lipinski definition) is 2. The summed E-state index contributed by atoms with van der Waals surface area (Å²) in [6, 6.07) is 5.48. The summed E-state index contributed by atoms with van der Waals surface area (Å²) in [4.78, 5) is 21.5. The number of halogens is 1. The quantitative estimate of drug-likeness (QED) is 0.582. The number of amides is 1. The third-order valence-corrected chi connectivity index (χ3v) is 6.11. The van der Waals surface area contributed by atoms with Crippen molar-refractivity contribution in [2.45, 2.75) is 59.1 Å². The SMILES string of the molecule is CC(O)Cc1cc([C@H](C)C(=O)Nc2cc(-c3cnn4c3CC(C)(C)C4)c(Cl)cn2)ccn1. The van der Waals surface area contributed by atoms with Crippen LogP contribution >= 0.6 is 11.6 Å². The van der Waals surface area contributed by atoms with E-state index in [1.165, 1.54) is 0 Å². The number of hydrogen-bond acceptors (Lipinski definition) is 5. The van der Waals surface area contributed by atoms with E-state index in [1.807, 2.05) is 36.0 Å². The van der Waals surface area contributed by atoms with E-state index in [0.29, 0.717) is 17.3 Å². The van der Waals surface area contributed by atoms with Gasteiger partial charge in [0.1, 0.15) is 5.82 Å². The number of aliphatic hydroxyl groups excluding tert-OH is 1. The Balaban J connectivity index is 1.55. The highest BCUT2D eigenvalue weighted by Gasteiger charge is 2.32. The Hall–Kier alpha value is -2.77. The monoisotopic (exact) mass is 453 g/mol. The molecule has 1 amide bonds. The molecule has 2 atom stereocenters. The Morgan fingerprint density at radius 2 is 2.03 bits per heavy atom. The summed E-state index contributed by atoms with van der Waals surface area (Å²) in [6.07, 6.45) is 5.93. The topological polar surface area (TPSA) is 92.9 Å². The van der Waals surface area contributed by atoms with Gasteiger partial charge in [-0.25, -0.2) is 4.98 Å². The molecule has 4 heterocycles. The van der Waals surface area contributed by atoms with Gasteiger partial charge in [-0.15, -0.1) is 0 Å². The van der Waals surface area contributed by atoms with Crippen molar-refractivity contribution in [3.63, 3.8) is 0 Å². The minimum Gasteiger partial charge on any atom is -0.393 e. The van der Waals surface area contributed by atoms with Crippen LogP contribution in [0, 0.1) is 5.41 Å². The molecule has 3 aromatic heterocycles. The van der Waals surface area contributed by atoms with Gasteiger partial charge in [-0.1, -0.05) is 25.4 Å². The number of anilines is 1. The number of carbonyl (C=O) groups is 1. The zero-order valence-electron chi connectivity index (χ0n) is 18.8. The van der Waals surface area contributed by atoms with Crippen molar-refractivity contribution in [1.29, 1.82) is 0 Å². The van der Waals surface area contributed by atoms with Crippen molar-refractivity contribution in [2.75, 3.05) is 5.32 Å². The number of aliphatic hydroxyl groups is 1. The zero-order chi connectivity index (χ0) is 23.0. The van der Waals surface area contributed by atoms with E-state index in [9.17, 15) is 9.90 Å². The Morgan fingerprint density at radius 1 is 1.25 bits per heavy atom. The van der Waals surface area contributed by atoms with Crippen LogP contribution in [0.1, 0.15) is 50.6 Å². The number of aromatic nitrogens is 4. The fourth-order valence-electron chi connectivity index (χ4n) is 4.15. The Morgan fingerprint density at radius 3 is 2.78 bits per heavy atom. The number of nitrogens with zero attached hydrogens (tertiary/aromatic N) is 4. The van der Waals surface area contributed by atoms with Crippen molar-refractivity contribution in [3.8, 4) is 11.1 Å². The molecule has 0 aromatic carbocycles. The van der Waals surface area contributed by atoms with Gasteiger partial charge in [0, 0.05) is 47.9 Å². The van der Waals surface area contributed by atoms with E-state index >= 15 is 0 Å². The van der Waals surface area contributed by atoms with Crippen LogP contribution in [0.4, 0.5) is 5.82 Å². The van der Waals surface area contributed by atoms with Gasteiger partial charge in [-0.2, -0.15) is 5.10 Å². The number of rotatable bonds is 6. The summed E-state index contributed by atoms with van der Waals surface area (Å²) >= 11 is 6.47. The molecule has 1 unspecified atom stereocenters. The zero-order valence-corrected chi connectivity index (χ0v) is 19.5. The molecular formula is C24H28ClN5O2. The first-order chi connectivity index (χ1) is 15.1. The molecule has 0 spiro atoms. The Kier molecular flexibility index (Phi) is 6.05. The van der Waals surface area contributed by atoms with Crippen LogP contribution in [-0.2, 0) is 24.2 Å². The van der Waals surface area contributed by atoms with Crippen LogP contribution in [0.2, 0.25) is 5.02 Å². The van der Waals surface area contributed by atoms with Crippen LogP contribution in [0.25, 0.3) is 11.1 Å². The molecule has 0 fully saturated rings. The highest BCUT2D eigenvalue weighted by atomic mass is 35.5. The molecule has 7 nitrogen and oxygen atoms in total. The first kappa shape index (κ1) is 22.4. The van der Waals surface area contributed by atoms with Crippen molar-refractivity contribution < 1.29 is 9.90 Å². The molecule has 168 valence electrons. The molecule has 8 heteroatoms. The molecule has 1 aliphatic rings. The Labute approximate surface area is 192 Å². The van der Waals surface area contributed by atoms with Gasteiger partial charge in [-0.3, -0.25) is 14.5 Å². The standard InChI is InChI=1S/C24H28ClN5O2/c1-14(31)7-17-8-16(5-6-26-17)15(2)23(32)29-22-9-18(20(25)12-27-22)19-11-28-30-13-24(3,4)10-21(19)30/h5-6,8-9,11-12,14-15,31H,7,10,13H2,1-4H3,(H,27,29,32)/t14?,15-/m0/s1. The fraction of sp³-hybridized carbons (Fsp3) is 0.417. The first-order valence-electron chi connectivity index (χ1n) is 10.8. The lowest BCUT2D eigenvalue weighted by Gasteiger charge is -2.15. The predicted molar refractivity (Wildman–Crippen MR) is 125 cm³/mol. The van der Waals surface area contributed by atoms with Crippen LogP contribution in [0.5, 0.6) is 0 Å². The Bertz CT molecular complexity index is 1160. The highest BCUT2D eigenvalue weighted by molar-refractivity contribution is 6.33. The minimum atomic E-state index is -0.491. The summed E-state index contributed by atoms with van der Waals surface area (Å²) in [7, 11) is 0. The van der Waals surface area contributed by atoms with Crippen molar-refractivity contribution >= 4 is 23.3 Å². The van der Waals surface area contributed by atoms with Crippen LogP contribution in [0.15, 0.2) is 36.8 Å². The van der Waals surface area contributed by atoms with Gasteiger partial charge in [0.25, 0.3) is 0 Å². The predicted octanol–water partition coefficient (Wildman–Crippen LogP) is 4.24. The molecule has 32 heavy (non-hydrogen) atoms. The van der Waals surface area contributed by atoms with Gasteiger partial charge in [0.05, 0.1) is 23.2 Å². The largest absolute Gasteiger partial charge is 0.393 e. The van der Waals surface area contributed by atoms with E-state index in [1.54, 1.807) is 19.3 Å². The fourth-order valence-corrected chi connectivity index (χ4v) is 4.36. The van der Waals surface area contributed by atoms with Gasteiger partial charge >= 0.3 is 0 Å².